The van der Waals surface area contributed by atoms with Crippen molar-refractivity contribution in [2.24, 2.45) is 17.6 Å². The molecule has 17 heavy (non-hydrogen) atoms. The van der Waals surface area contributed by atoms with Crippen molar-refractivity contribution in [2.45, 2.75) is 32.6 Å². The minimum absolute atomic E-state index is 0.00448. The van der Waals surface area contributed by atoms with Gasteiger partial charge in [0.15, 0.2) is 0 Å². The van der Waals surface area contributed by atoms with Crippen LogP contribution in [0.1, 0.15) is 32.6 Å². The molecule has 1 atom stereocenters. The molecule has 0 spiro atoms. The summed E-state index contributed by atoms with van der Waals surface area (Å²) >= 11 is 0. The molecule has 0 aromatic heterocycles. The Bertz CT molecular complexity index is 227. The van der Waals surface area contributed by atoms with Crippen LogP contribution in [0.2, 0.25) is 0 Å². The third-order valence-electron chi connectivity index (χ3n) is 3.52. The number of nitrogens with zero attached hydrogens (tertiary/aromatic N) is 1. The van der Waals surface area contributed by atoms with Crippen LogP contribution in [0.3, 0.4) is 0 Å². The lowest BCUT2D eigenvalue weighted by Gasteiger charge is -2.29. The highest BCUT2D eigenvalue weighted by Crippen LogP contribution is 2.17. The zero-order chi connectivity index (χ0) is 12.7. The number of nitrogens with two attached hydrogens (primary N) is 1. The SMILES string of the molecule is CCCC(CN)C(=O)N(C)CC1CCOCC1. The van der Waals surface area contributed by atoms with Gasteiger partial charge in [-0.25, -0.2) is 0 Å². The van der Waals surface area contributed by atoms with Crippen molar-refractivity contribution in [3.05, 3.63) is 0 Å². The second-order valence-corrected chi connectivity index (χ2v) is 5.00. The Balaban J connectivity index is 2.38. The molecule has 1 aliphatic rings. The van der Waals surface area contributed by atoms with Crippen molar-refractivity contribution in [3.8, 4) is 0 Å². The number of carbonyl (C=O) groups is 1. The van der Waals surface area contributed by atoms with E-state index in [1.165, 1.54) is 0 Å². The zero-order valence-corrected chi connectivity index (χ0v) is 11.2. The summed E-state index contributed by atoms with van der Waals surface area (Å²) in [6, 6.07) is 0. The quantitative estimate of drug-likeness (QED) is 0.762. The Labute approximate surface area is 104 Å². The molecule has 1 fully saturated rings. The Morgan fingerprint density at radius 3 is 2.65 bits per heavy atom. The van der Waals surface area contributed by atoms with Gasteiger partial charge in [-0.2, -0.15) is 0 Å². The van der Waals surface area contributed by atoms with Crippen LogP contribution in [0.4, 0.5) is 0 Å². The highest BCUT2D eigenvalue weighted by molar-refractivity contribution is 5.78. The van der Waals surface area contributed by atoms with Crippen LogP contribution in [0, 0.1) is 11.8 Å². The van der Waals surface area contributed by atoms with Crippen LogP contribution in [0.5, 0.6) is 0 Å². The minimum Gasteiger partial charge on any atom is -0.381 e. The molecule has 1 aliphatic heterocycles. The first-order valence-electron chi connectivity index (χ1n) is 6.71. The number of hydrogen-bond acceptors (Lipinski definition) is 3. The van der Waals surface area contributed by atoms with Gasteiger partial charge in [-0.1, -0.05) is 13.3 Å². The van der Waals surface area contributed by atoms with Gasteiger partial charge >= 0.3 is 0 Å². The van der Waals surface area contributed by atoms with Crippen LogP contribution < -0.4 is 5.73 Å². The predicted molar refractivity (Wildman–Crippen MR) is 68.6 cm³/mol. The van der Waals surface area contributed by atoms with Gasteiger partial charge < -0.3 is 15.4 Å². The van der Waals surface area contributed by atoms with Crippen molar-refractivity contribution >= 4 is 5.91 Å². The summed E-state index contributed by atoms with van der Waals surface area (Å²) in [5, 5.41) is 0. The van der Waals surface area contributed by atoms with Gasteiger partial charge in [-0.05, 0) is 25.2 Å². The summed E-state index contributed by atoms with van der Waals surface area (Å²) in [6.45, 7) is 5.07. The summed E-state index contributed by atoms with van der Waals surface area (Å²) in [6.07, 6.45) is 4.05. The van der Waals surface area contributed by atoms with E-state index in [9.17, 15) is 4.79 Å². The Hall–Kier alpha value is -0.610. The fourth-order valence-corrected chi connectivity index (χ4v) is 2.41. The van der Waals surface area contributed by atoms with E-state index in [-0.39, 0.29) is 11.8 Å². The summed E-state index contributed by atoms with van der Waals surface area (Å²) < 4.78 is 5.33. The lowest BCUT2D eigenvalue weighted by atomic mass is 9.98. The van der Waals surface area contributed by atoms with Crippen molar-refractivity contribution < 1.29 is 9.53 Å². The summed E-state index contributed by atoms with van der Waals surface area (Å²) in [5.74, 6) is 0.809. The normalized spacial score (nSPS) is 19.0. The molecule has 2 N–H and O–H groups in total. The zero-order valence-electron chi connectivity index (χ0n) is 11.2. The van der Waals surface area contributed by atoms with E-state index in [1.54, 1.807) is 0 Å². The van der Waals surface area contributed by atoms with E-state index in [1.807, 2.05) is 11.9 Å². The van der Waals surface area contributed by atoms with E-state index in [0.29, 0.717) is 12.5 Å². The molecule has 0 aliphatic carbocycles. The van der Waals surface area contributed by atoms with E-state index in [4.69, 9.17) is 10.5 Å². The summed E-state index contributed by atoms with van der Waals surface area (Å²) in [5.41, 5.74) is 5.66. The third kappa shape index (κ3) is 4.64. The average Bonchev–Trinajstić information content (AvgIpc) is 2.36. The number of amides is 1. The topological polar surface area (TPSA) is 55.6 Å². The first-order chi connectivity index (χ1) is 8.19. The van der Waals surface area contributed by atoms with Crippen LogP contribution >= 0.6 is 0 Å². The largest absolute Gasteiger partial charge is 0.381 e. The molecule has 1 saturated heterocycles. The van der Waals surface area contributed by atoms with Crippen molar-refractivity contribution in [1.29, 1.82) is 0 Å². The molecule has 0 radical (unpaired) electrons. The van der Waals surface area contributed by atoms with Crippen LogP contribution in [0.25, 0.3) is 0 Å². The average molecular weight is 242 g/mol. The highest BCUT2D eigenvalue weighted by atomic mass is 16.5. The van der Waals surface area contributed by atoms with Crippen LogP contribution in [-0.4, -0.2) is 44.2 Å². The molecule has 4 heteroatoms. The van der Waals surface area contributed by atoms with Gasteiger partial charge in [0.25, 0.3) is 0 Å². The Morgan fingerprint density at radius 1 is 1.47 bits per heavy atom. The van der Waals surface area contributed by atoms with E-state index < -0.39 is 0 Å². The van der Waals surface area contributed by atoms with E-state index in [0.717, 1.165) is 45.4 Å². The molecule has 4 nitrogen and oxygen atoms in total. The fraction of sp³-hybridized carbons (Fsp3) is 0.923. The van der Waals surface area contributed by atoms with Gasteiger partial charge in [0.1, 0.15) is 0 Å². The molecule has 0 aromatic rings. The fourth-order valence-electron chi connectivity index (χ4n) is 2.41. The smallest absolute Gasteiger partial charge is 0.226 e. The molecule has 100 valence electrons. The monoisotopic (exact) mass is 242 g/mol. The van der Waals surface area contributed by atoms with Crippen molar-refractivity contribution in [1.82, 2.24) is 4.90 Å². The van der Waals surface area contributed by atoms with Crippen molar-refractivity contribution in [3.63, 3.8) is 0 Å². The lowest BCUT2D eigenvalue weighted by molar-refractivity contribution is -0.135. The number of ether oxygens (including phenoxy) is 1. The van der Waals surface area contributed by atoms with E-state index >= 15 is 0 Å². The molecule has 0 aromatic carbocycles. The molecule has 0 bridgehead atoms. The Morgan fingerprint density at radius 2 is 2.12 bits per heavy atom. The van der Waals surface area contributed by atoms with Gasteiger partial charge in [0.2, 0.25) is 5.91 Å². The molecule has 1 rings (SSSR count). The van der Waals surface area contributed by atoms with Gasteiger partial charge in [0.05, 0.1) is 5.92 Å². The maximum atomic E-state index is 12.2. The maximum Gasteiger partial charge on any atom is 0.226 e. The maximum absolute atomic E-state index is 12.2. The minimum atomic E-state index is 0.00448. The first-order valence-corrected chi connectivity index (χ1v) is 6.71. The third-order valence-corrected chi connectivity index (χ3v) is 3.52. The second-order valence-electron chi connectivity index (χ2n) is 5.00. The lowest BCUT2D eigenvalue weighted by Crippen LogP contribution is -2.40. The number of carbonyl (C=O) groups excluding carboxylic acids is 1. The Kier molecular flexibility index (Phi) is 6.52. The first kappa shape index (κ1) is 14.5. The van der Waals surface area contributed by atoms with E-state index in [2.05, 4.69) is 6.92 Å². The number of rotatable bonds is 6. The van der Waals surface area contributed by atoms with Crippen molar-refractivity contribution in [2.75, 3.05) is 33.4 Å². The van der Waals surface area contributed by atoms with Crippen LogP contribution in [0.15, 0.2) is 0 Å². The molecule has 1 heterocycles. The molecule has 1 unspecified atom stereocenters. The van der Waals surface area contributed by atoms with Gasteiger partial charge in [-0.3, -0.25) is 4.79 Å². The second kappa shape index (κ2) is 7.67. The summed E-state index contributed by atoms with van der Waals surface area (Å²) in [4.78, 5) is 14.0. The van der Waals surface area contributed by atoms with Gasteiger partial charge in [-0.15, -0.1) is 0 Å². The molecule has 1 amide bonds. The standard InChI is InChI=1S/C13H26N2O2/c1-3-4-12(9-14)13(16)15(2)10-11-5-7-17-8-6-11/h11-12H,3-10,14H2,1-2H3. The predicted octanol–water partition coefficient (Wildman–Crippen LogP) is 1.25. The molecule has 0 saturated carbocycles. The van der Waals surface area contributed by atoms with Gasteiger partial charge in [0, 0.05) is 33.4 Å². The summed E-state index contributed by atoms with van der Waals surface area (Å²) in [7, 11) is 1.90. The molecular formula is C13H26N2O2. The van der Waals surface area contributed by atoms with Crippen LogP contribution in [-0.2, 0) is 9.53 Å². The number of hydrogen-bond donors (Lipinski definition) is 1. The highest BCUT2D eigenvalue weighted by Gasteiger charge is 2.23. The molecular weight excluding hydrogens is 216 g/mol.